The van der Waals surface area contributed by atoms with Gasteiger partial charge in [0.15, 0.2) is 0 Å². The van der Waals surface area contributed by atoms with Gasteiger partial charge in [-0.15, -0.1) is 11.8 Å². The summed E-state index contributed by atoms with van der Waals surface area (Å²) in [5, 5.41) is 32.2. The van der Waals surface area contributed by atoms with E-state index in [-0.39, 0.29) is 11.4 Å². The van der Waals surface area contributed by atoms with Crippen molar-refractivity contribution in [3.63, 3.8) is 0 Å². The molecule has 1 amide bonds. The van der Waals surface area contributed by atoms with Crippen LogP contribution in [0.25, 0.3) is 0 Å². The van der Waals surface area contributed by atoms with Crippen LogP contribution in [0.1, 0.15) is 18.1 Å². The molecular weight excluding hydrogens is 423 g/mol. The van der Waals surface area contributed by atoms with E-state index in [2.05, 4.69) is 5.32 Å². The maximum Gasteiger partial charge on any atom is 0.417 e. The summed E-state index contributed by atoms with van der Waals surface area (Å²) in [4.78, 5) is 13.8. The number of hydrogen-bond donors (Lipinski definition) is 2. The molecule has 0 unspecified atom stereocenters. The fourth-order valence-electron chi connectivity index (χ4n) is 2.19. The summed E-state index contributed by atoms with van der Waals surface area (Å²) in [5.74, 6) is -0.951. The molecule has 10 heteroatoms. The van der Waals surface area contributed by atoms with E-state index >= 15 is 0 Å². The van der Waals surface area contributed by atoms with Crippen LogP contribution in [0.5, 0.6) is 0 Å². The van der Waals surface area contributed by atoms with E-state index in [4.69, 9.17) is 10.5 Å². The van der Waals surface area contributed by atoms with Crippen LogP contribution in [0.2, 0.25) is 0 Å². The number of benzene rings is 2. The highest BCUT2D eigenvalue weighted by atomic mass is 32.2. The number of hydrogen-bond acceptors (Lipinski definition) is 6. The lowest BCUT2D eigenvalue weighted by Crippen LogP contribution is -2.42. The number of halogens is 3. The van der Waals surface area contributed by atoms with E-state index in [0.717, 1.165) is 40.6 Å². The smallest absolute Gasteiger partial charge is 0.379 e. The highest BCUT2D eigenvalue weighted by Gasteiger charge is 2.35. The van der Waals surface area contributed by atoms with Crippen LogP contribution in [-0.4, -0.2) is 22.4 Å². The number of carbonyl (C=O) groups excluding carboxylic acids is 1. The van der Waals surface area contributed by atoms with E-state index in [0.29, 0.717) is 11.0 Å². The Balaban J connectivity index is 2.10. The van der Waals surface area contributed by atoms with Crippen molar-refractivity contribution >= 4 is 35.1 Å². The molecule has 2 N–H and O–H groups in total. The Labute approximate surface area is 173 Å². The number of anilines is 1. The molecule has 150 valence electrons. The maximum absolute atomic E-state index is 13.0. The molecule has 0 aliphatic rings. The molecule has 0 heterocycles. The minimum absolute atomic E-state index is 0.0675. The zero-order valence-corrected chi connectivity index (χ0v) is 16.6. The molecule has 1 atom stereocenters. The number of nitriles is 2. The predicted octanol–water partition coefficient (Wildman–Crippen LogP) is 4.63. The van der Waals surface area contributed by atoms with Crippen molar-refractivity contribution < 1.29 is 23.1 Å². The number of nitrogens with zero attached hydrogens (tertiary/aromatic N) is 2. The summed E-state index contributed by atoms with van der Waals surface area (Å²) < 4.78 is 39.1. The van der Waals surface area contributed by atoms with Crippen LogP contribution in [0.3, 0.4) is 0 Å². The zero-order chi connectivity index (χ0) is 21.7. The molecule has 0 saturated carbocycles. The number of amides is 1. The Hall–Kier alpha value is -2.66. The molecule has 29 heavy (non-hydrogen) atoms. The van der Waals surface area contributed by atoms with E-state index in [9.17, 15) is 23.1 Å². The van der Waals surface area contributed by atoms with E-state index < -0.39 is 28.8 Å². The molecule has 0 spiro atoms. The summed E-state index contributed by atoms with van der Waals surface area (Å²) in [6.07, 6.45) is -4.75. The molecule has 0 bridgehead atoms. The van der Waals surface area contributed by atoms with Crippen LogP contribution < -0.4 is 5.32 Å². The first-order chi connectivity index (χ1) is 13.6. The summed E-state index contributed by atoms with van der Waals surface area (Å²) in [6, 6.07) is 11.2. The first kappa shape index (κ1) is 22.6. The Kier molecular flexibility index (Phi) is 7.20. The topological polar surface area (TPSA) is 96.9 Å². The number of thioether (sulfide) groups is 2. The molecule has 2 aromatic carbocycles. The van der Waals surface area contributed by atoms with E-state index in [1.165, 1.54) is 13.0 Å². The molecular formula is C19H14F3N3O2S2. The molecule has 0 aliphatic carbocycles. The van der Waals surface area contributed by atoms with Crippen molar-refractivity contribution in [2.24, 2.45) is 0 Å². The first-order valence-electron chi connectivity index (χ1n) is 8.01. The van der Waals surface area contributed by atoms with Crippen molar-refractivity contribution in [1.82, 2.24) is 0 Å². The molecule has 2 rings (SSSR count). The molecule has 0 aromatic heterocycles. The third-order valence-electron chi connectivity index (χ3n) is 3.68. The number of nitrogens with one attached hydrogen (secondary N) is 1. The van der Waals surface area contributed by atoms with Gasteiger partial charge in [-0.05, 0) is 55.1 Å². The average Bonchev–Trinajstić information content (AvgIpc) is 2.66. The molecule has 0 fully saturated rings. The lowest BCUT2D eigenvalue weighted by Gasteiger charge is -2.22. The molecule has 5 nitrogen and oxygen atoms in total. The fourth-order valence-corrected chi connectivity index (χ4v) is 3.67. The highest BCUT2D eigenvalue weighted by Crippen LogP contribution is 2.34. The zero-order valence-electron chi connectivity index (χ0n) is 14.9. The average molecular weight is 437 g/mol. The molecule has 0 aliphatic heterocycles. The van der Waals surface area contributed by atoms with Crippen molar-refractivity contribution in [2.75, 3.05) is 11.1 Å². The van der Waals surface area contributed by atoms with Crippen LogP contribution in [0.15, 0.2) is 52.3 Å². The van der Waals surface area contributed by atoms with Gasteiger partial charge in [0.2, 0.25) is 0 Å². The monoisotopic (exact) mass is 437 g/mol. The molecule has 0 radical (unpaired) electrons. The first-order valence-corrected chi connectivity index (χ1v) is 9.81. The van der Waals surface area contributed by atoms with Gasteiger partial charge in [0.1, 0.15) is 11.0 Å². The normalized spacial score (nSPS) is 13.1. The van der Waals surface area contributed by atoms with Crippen LogP contribution >= 0.6 is 23.5 Å². The Morgan fingerprint density at radius 1 is 1.17 bits per heavy atom. The van der Waals surface area contributed by atoms with Gasteiger partial charge in [-0.1, -0.05) is 6.07 Å². The van der Waals surface area contributed by atoms with Gasteiger partial charge in [0, 0.05) is 21.2 Å². The molecule has 0 saturated heterocycles. The van der Waals surface area contributed by atoms with Crippen LogP contribution in [0.4, 0.5) is 18.9 Å². The van der Waals surface area contributed by atoms with Crippen molar-refractivity contribution in [2.45, 2.75) is 28.5 Å². The maximum atomic E-state index is 13.0. The number of thiocyanates is 1. The summed E-state index contributed by atoms with van der Waals surface area (Å²) in [7, 11) is 0. The van der Waals surface area contributed by atoms with E-state index in [1.54, 1.807) is 24.3 Å². The second kappa shape index (κ2) is 9.23. The number of aliphatic hydroxyl groups is 1. The van der Waals surface area contributed by atoms with Crippen molar-refractivity contribution in [3.05, 3.63) is 53.6 Å². The number of carbonyl (C=O) groups is 1. The highest BCUT2D eigenvalue weighted by molar-refractivity contribution is 8.03. The van der Waals surface area contributed by atoms with Gasteiger partial charge in [0.05, 0.1) is 17.2 Å². The summed E-state index contributed by atoms with van der Waals surface area (Å²) in [5.41, 5.74) is -3.79. The number of alkyl halides is 3. The lowest BCUT2D eigenvalue weighted by atomic mass is 10.1. The van der Waals surface area contributed by atoms with Gasteiger partial charge in [0.25, 0.3) is 5.91 Å². The third kappa shape index (κ3) is 6.16. The summed E-state index contributed by atoms with van der Waals surface area (Å²) in [6.45, 7) is 1.25. The van der Waals surface area contributed by atoms with Crippen LogP contribution in [0, 0.1) is 22.0 Å². The Morgan fingerprint density at radius 3 is 2.48 bits per heavy atom. The van der Waals surface area contributed by atoms with Gasteiger partial charge >= 0.3 is 6.18 Å². The minimum Gasteiger partial charge on any atom is -0.379 e. The quantitative estimate of drug-likeness (QED) is 0.505. The SMILES string of the molecule is C[C@@](O)(CSc1cccc(SC#N)c1)C(=O)Nc1ccc(C#N)c(C(F)(F)F)c1. The van der Waals surface area contributed by atoms with Crippen molar-refractivity contribution in [3.8, 4) is 11.5 Å². The third-order valence-corrected chi connectivity index (χ3v) is 5.56. The van der Waals surface area contributed by atoms with Crippen LogP contribution in [-0.2, 0) is 11.0 Å². The van der Waals surface area contributed by atoms with Gasteiger partial charge in [-0.3, -0.25) is 4.79 Å². The predicted molar refractivity (Wildman–Crippen MR) is 104 cm³/mol. The Bertz CT molecular complexity index is 995. The molecule has 2 aromatic rings. The second-order valence-corrected chi connectivity index (χ2v) is 7.96. The van der Waals surface area contributed by atoms with Gasteiger partial charge < -0.3 is 10.4 Å². The van der Waals surface area contributed by atoms with Crippen molar-refractivity contribution in [1.29, 1.82) is 10.5 Å². The lowest BCUT2D eigenvalue weighted by molar-refractivity contribution is -0.137. The van der Waals surface area contributed by atoms with Gasteiger partial charge in [-0.2, -0.15) is 23.7 Å². The standard InChI is InChI=1S/C19H14F3N3O2S2/c1-18(27,10-28-14-3-2-4-15(8-14)29-11-24)17(26)25-13-6-5-12(9-23)16(7-13)19(20,21)22/h2-8,27H,10H2,1H3,(H,25,26)/t18-/m1/s1. The second-order valence-electron chi connectivity index (χ2n) is 6.05. The summed E-state index contributed by atoms with van der Waals surface area (Å²) >= 11 is 2.14. The number of rotatable bonds is 6. The minimum atomic E-state index is -4.75. The Morgan fingerprint density at radius 2 is 1.86 bits per heavy atom. The fraction of sp³-hybridized carbons (Fsp3) is 0.211. The largest absolute Gasteiger partial charge is 0.417 e. The van der Waals surface area contributed by atoms with Gasteiger partial charge in [-0.25, -0.2) is 0 Å². The van der Waals surface area contributed by atoms with E-state index in [1.807, 2.05) is 5.40 Å².